The van der Waals surface area contributed by atoms with Crippen LogP contribution in [0.25, 0.3) is 0 Å². The van der Waals surface area contributed by atoms with Gasteiger partial charge in [-0.2, -0.15) is 5.10 Å². The Bertz CT molecular complexity index is 594. The number of rotatable bonds is 6. The second-order valence-electron chi connectivity index (χ2n) is 4.03. The monoisotopic (exact) mass is 307 g/mol. The summed E-state index contributed by atoms with van der Waals surface area (Å²) in [5.74, 6) is -1.08. The molecule has 1 aromatic heterocycles. The second-order valence-corrected chi connectivity index (χ2v) is 5.41. The highest BCUT2D eigenvalue weighted by Crippen LogP contribution is 2.16. The fourth-order valence-corrected chi connectivity index (χ4v) is 2.42. The molecule has 0 atom stereocenters. The largest absolute Gasteiger partial charge is 0.550 e. The molecule has 1 N–H and O–H groups in total. The number of carbonyl (C=O) groups excluding carboxylic acids is 1. The standard InChI is InChI=1S/C14H13ClN2O2S/c15-10-3-5-11(6-4-10)16-17-12(7-8-14(18)19)13-2-1-9-20-13/h1-6,9,16H,7-8H2,(H,18,19)/p-1/b17-12-. The second kappa shape index (κ2) is 7.07. The molecule has 2 aromatic rings. The van der Waals surface area contributed by atoms with E-state index in [0.717, 1.165) is 10.6 Å². The van der Waals surface area contributed by atoms with Crippen molar-refractivity contribution in [3.8, 4) is 0 Å². The number of thiophene rings is 1. The predicted octanol–water partition coefficient (Wildman–Crippen LogP) is 2.75. The first-order chi connectivity index (χ1) is 9.65. The lowest BCUT2D eigenvalue weighted by Gasteiger charge is -2.07. The van der Waals surface area contributed by atoms with Crippen molar-refractivity contribution in [1.82, 2.24) is 0 Å². The number of hydrogen-bond donors (Lipinski definition) is 1. The lowest BCUT2D eigenvalue weighted by Crippen LogP contribution is -2.23. The third-order valence-corrected chi connectivity index (χ3v) is 3.71. The van der Waals surface area contributed by atoms with E-state index in [9.17, 15) is 9.90 Å². The Morgan fingerprint density at radius 1 is 1.25 bits per heavy atom. The summed E-state index contributed by atoms with van der Waals surface area (Å²) in [7, 11) is 0. The molecule has 0 aliphatic carbocycles. The van der Waals surface area contributed by atoms with Crippen molar-refractivity contribution in [1.29, 1.82) is 0 Å². The highest BCUT2D eigenvalue weighted by molar-refractivity contribution is 7.12. The average molecular weight is 308 g/mol. The molecule has 1 heterocycles. The zero-order valence-corrected chi connectivity index (χ0v) is 12.1. The van der Waals surface area contributed by atoms with Gasteiger partial charge >= 0.3 is 0 Å². The van der Waals surface area contributed by atoms with Gasteiger partial charge in [-0.05, 0) is 48.6 Å². The van der Waals surface area contributed by atoms with Gasteiger partial charge in [0.1, 0.15) is 0 Å². The maximum atomic E-state index is 10.6. The maximum Gasteiger partial charge on any atom is 0.0782 e. The van der Waals surface area contributed by atoms with Gasteiger partial charge in [-0.1, -0.05) is 17.7 Å². The summed E-state index contributed by atoms with van der Waals surface area (Å²) in [5.41, 5.74) is 4.39. The number of aliphatic carboxylic acids is 1. The number of nitrogens with zero attached hydrogens (tertiary/aromatic N) is 1. The minimum Gasteiger partial charge on any atom is -0.550 e. The first kappa shape index (κ1) is 14.6. The third-order valence-electron chi connectivity index (χ3n) is 2.54. The molecule has 4 nitrogen and oxygen atoms in total. The normalized spacial score (nSPS) is 11.3. The highest BCUT2D eigenvalue weighted by atomic mass is 35.5. The van der Waals surface area contributed by atoms with E-state index >= 15 is 0 Å². The van der Waals surface area contributed by atoms with Gasteiger partial charge in [-0.3, -0.25) is 5.43 Å². The number of hydrazone groups is 1. The highest BCUT2D eigenvalue weighted by Gasteiger charge is 2.05. The van der Waals surface area contributed by atoms with Gasteiger partial charge in [0.25, 0.3) is 0 Å². The van der Waals surface area contributed by atoms with Crippen LogP contribution in [-0.4, -0.2) is 11.7 Å². The van der Waals surface area contributed by atoms with Crippen molar-refractivity contribution in [2.45, 2.75) is 12.8 Å². The number of anilines is 1. The van der Waals surface area contributed by atoms with Crippen LogP contribution in [0.3, 0.4) is 0 Å². The summed E-state index contributed by atoms with van der Waals surface area (Å²) in [4.78, 5) is 11.5. The Balaban J connectivity index is 2.11. The van der Waals surface area contributed by atoms with E-state index in [-0.39, 0.29) is 6.42 Å². The van der Waals surface area contributed by atoms with E-state index in [1.54, 1.807) is 24.3 Å². The van der Waals surface area contributed by atoms with Gasteiger partial charge in [-0.15, -0.1) is 11.3 Å². The molecule has 1 aromatic carbocycles. The van der Waals surface area contributed by atoms with Crippen LogP contribution in [0.4, 0.5) is 5.69 Å². The summed E-state index contributed by atoms with van der Waals surface area (Å²) >= 11 is 7.32. The molecule has 20 heavy (non-hydrogen) atoms. The number of hydrogen-bond acceptors (Lipinski definition) is 5. The molecule has 2 rings (SSSR count). The molecule has 0 radical (unpaired) electrons. The van der Waals surface area contributed by atoms with Gasteiger partial charge in [0.2, 0.25) is 0 Å². The number of carboxylic acid groups (broad SMARTS) is 1. The van der Waals surface area contributed by atoms with Crippen molar-refractivity contribution in [3.63, 3.8) is 0 Å². The number of benzene rings is 1. The molecule has 0 fully saturated rings. The van der Waals surface area contributed by atoms with Gasteiger partial charge < -0.3 is 9.90 Å². The van der Waals surface area contributed by atoms with Crippen LogP contribution in [0, 0.1) is 0 Å². The minimum atomic E-state index is -1.08. The van der Waals surface area contributed by atoms with Crippen LogP contribution in [0.15, 0.2) is 46.9 Å². The number of nitrogens with one attached hydrogen (secondary N) is 1. The van der Waals surface area contributed by atoms with E-state index in [0.29, 0.717) is 17.2 Å². The molecular formula is C14H12ClN2O2S-. The lowest BCUT2D eigenvalue weighted by molar-refractivity contribution is -0.305. The van der Waals surface area contributed by atoms with Gasteiger partial charge in [0.15, 0.2) is 0 Å². The Morgan fingerprint density at radius 3 is 2.60 bits per heavy atom. The zero-order chi connectivity index (χ0) is 14.4. The Kier molecular flexibility index (Phi) is 5.15. The number of halogens is 1. The van der Waals surface area contributed by atoms with E-state index in [2.05, 4.69) is 10.5 Å². The lowest BCUT2D eigenvalue weighted by atomic mass is 10.2. The van der Waals surface area contributed by atoms with Crippen LogP contribution < -0.4 is 10.5 Å². The van der Waals surface area contributed by atoms with Crippen LogP contribution in [0.5, 0.6) is 0 Å². The van der Waals surface area contributed by atoms with E-state index in [1.165, 1.54) is 11.3 Å². The maximum absolute atomic E-state index is 10.6. The van der Waals surface area contributed by atoms with Gasteiger partial charge in [0, 0.05) is 11.0 Å². The summed E-state index contributed by atoms with van der Waals surface area (Å²) in [6.45, 7) is 0. The molecule has 0 bridgehead atoms. The van der Waals surface area contributed by atoms with Crippen LogP contribution in [-0.2, 0) is 4.79 Å². The molecule has 104 valence electrons. The Hall–Kier alpha value is -1.85. The Labute approximate surface area is 125 Å². The molecule has 0 amide bonds. The minimum absolute atomic E-state index is 0.0565. The molecule has 0 saturated heterocycles. The number of carboxylic acids is 1. The third kappa shape index (κ3) is 4.36. The molecule has 0 unspecified atom stereocenters. The molecule has 6 heteroatoms. The Morgan fingerprint density at radius 2 is 2.00 bits per heavy atom. The topological polar surface area (TPSA) is 64.5 Å². The van der Waals surface area contributed by atoms with Crippen LogP contribution in [0.2, 0.25) is 5.02 Å². The fourth-order valence-electron chi connectivity index (χ4n) is 1.55. The SMILES string of the molecule is O=C([O-])CC/C(=N/Nc1ccc(Cl)cc1)c1cccs1. The van der Waals surface area contributed by atoms with Crippen molar-refractivity contribution in [3.05, 3.63) is 51.7 Å². The van der Waals surface area contributed by atoms with Gasteiger partial charge in [0.05, 0.1) is 16.3 Å². The first-order valence-electron chi connectivity index (χ1n) is 5.97. The summed E-state index contributed by atoms with van der Waals surface area (Å²) in [5, 5.41) is 17.4. The average Bonchev–Trinajstić information content (AvgIpc) is 2.94. The van der Waals surface area contributed by atoms with E-state index in [4.69, 9.17) is 11.6 Å². The van der Waals surface area contributed by atoms with Crippen LogP contribution in [0.1, 0.15) is 17.7 Å². The molecule has 0 aliphatic rings. The van der Waals surface area contributed by atoms with E-state index in [1.807, 2.05) is 17.5 Å². The quantitative estimate of drug-likeness (QED) is 0.659. The van der Waals surface area contributed by atoms with Crippen LogP contribution >= 0.6 is 22.9 Å². The predicted molar refractivity (Wildman–Crippen MR) is 80.2 cm³/mol. The molecular weight excluding hydrogens is 296 g/mol. The van der Waals surface area contributed by atoms with E-state index < -0.39 is 5.97 Å². The summed E-state index contributed by atoms with van der Waals surface area (Å²) in [6, 6.07) is 10.9. The fraction of sp³-hybridized carbons (Fsp3) is 0.143. The zero-order valence-electron chi connectivity index (χ0n) is 10.5. The summed E-state index contributed by atoms with van der Waals surface area (Å²) < 4.78 is 0. The van der Waals surface area contributed by atoms with Crippen molar-refractivity contribution >= 4 is 40.3 Å². The van der Waals surface area contributed by atoms with Gasteiger partial charge in [-0.25, -0.2) is 0 Å². The molecule has 0 spiro atoms. The molecule has 0 saturated carbocycles. The summed E-state index contributed by atoms with van der Waals surface area (Å²) in [6.07, 6.45) is 0.266. The van der Waals surface area contributed by atoms with Crippen molar-refractivity contribution in [2.75, 3.05) is 5.43 Å². The van der Waals surface area contributed by atoms with Crippen molar-refractivity contribution in [2.24, 2.45) is 5.10 Å². The number of carbonyl (C=O) groups is 1. The van der Waals surface area contributed by atoms with Crippen molar-refractivity contribution < 1.29 is 9.90 Å². The first-order valence-corrected chi connectivity index (χ1v) is 7.23. The smallest absolute Gasteiger partial charge is 0.0782 e. The molecule has 0 aliphatic heterocycles.